The number of rotatable bonds is 6. The number of benzene rings is 1. The van der Waals surface area contributed by atoms with Crippen LogP contribution in [0, 0.1) is 12.8 Å². The maximum atomic E-state index is 10.7. The van der Waals surface area contributed by atoms with Crippen molar-refractivity contribution >= 4 is 28.8 Å². The molecule has 1 heterocycles. The van der Waals surface area contributed by atoms with E-state index in [1.807, 2.05) is 12.1 Å². The van der Waals surface area contributed by atoms with Crippen molar-refractivity contribution in [3.05, 3.63) is 36.0 Å². The molecule has 0 aliphatic heterocycles. The lowest BCUT2D eigenvalue weighted by Gasteiger charge is -2.18. The van der Waals surface area contributed by atoms with Gasteiger partial charge in [0.1, 0.15) is 11.8 Å². The Morgan fingerprint density at radius 3 is 2.79 bits per heavy atom. The quantitative estimate of drug-likeness (QED) is 0.554. The van der Waals surface area contributed by atoms with E-state index in [1.54, 1.807) is 0 Å². The number of aryl methyl sites for hydroxylation is 1. The van der Waals surface area contributed by atoms with Gasteiger partial charge in [0.15, 0.2) is 0 Å². The normalized spacial score (nSPS) is 14.5. The Bertz CT molecular complexity index is 561. The lowest BCUT2D eigenvalue weighted by atomic mass is 9.99. The van der Waals surface area contributed by atoms with Gasteiger partial charge < -0.3 is 9.36 Å². The number of carbonyl (C=O) groups excluding carboxylic acids is 1. The van der Waals surface area contributed by atoms with Crippen LogP contribution in [0.15, 0.2) is 30.5 Å². The number of hydrogen-bond donors (Lipinski definition) is 0. The maximum absolute atomic E-state index is 10.7. The van der Waals surface area contributed by atoms with Crippen LogP contribution in [0.5, 0.6) is 0 Å². The summed E-state index contributed by atoms with van der Waals surface area (Å²) in [5.41, 5.74) is 2.31. The zero-order chi connectivity index (χ0) is 13.8. The predicted molar refractivity (Wildman–Crippen MR) is 80.6 cm³/mol. The molecule has 0 amide bonds. The Balaban J connectivity index is 2.26. The number of hydrogen-bond acceptors (Lipinski definition) is 1. The number of carbonyl (C=O) groups is 1. The summed E-state index contributed by atoms with van der Waals surface area (Å²) in [4.78, 5) is 10.7. The molecular formula is C16H20ClNO. The fraction of sp³-hybridized carbons (Fsp3) is 0.438. The van der Waals surface area contributed by atoms with Gasteiger partial charge in [-0.3, -0.25) is 0 Å². The third-order valence-electron chi connectivity index (χ3n) is 3.78. The predicted octanol–water partition coefficient (Wildman–Crippen LogP) is 4.69. The molecule has 0 aliphatic carbocycles. The molecule has 3 heteroatoms. The summed E-state index contributed by atoms with van der Waals surface area (Å²) in [6.45, 7) is 4.21. The zero-order valence-corrected chi connectivity index (χ0v) is 12.2. The summed E-state index contributed by atoms with van der Waals surface area (Å²) in [7, 11) is 0. The number of nitrogens with zero attached hydrogens (tertiary/aromatic N) is 1. The summed E-state index contributed by atoms with van der Waals surface area (Å²) in [6, 6.07) is 8.29. The molecule has 2 aromatic rings. The van der Waals surface area contributed by atoms with Crippen LogP contribution < -0.4 is 0 Å². The maximum Gasteiger partial charge on any atom is 0.120 e. The smallest absolute Gasteiger partial charge is 0.120 e. The minimum Gasteiger partial charge on any atom is -0.330 e. The summed E-state index contributed by atoms with van der Waals surface area (Å²) in [6.07, 6.45) is 5.51. The number of aromatic nitrogens is 1. The highest BCUT2D eigenvalue weighted by atomic mass is 35.5. The Labute approximate surface area is 119 Å². The fourth-order valence-electron chi connectivity index (χ4n) is 2.57. The van der Waals surface area contributed by atoms with E-state index in [2.05, 4.69) is 36.7 Å². The van der Waals surface area contributed by atoms with Gasteiger partial charge >= 0.3 is 0 Å². The number of halogens is 1. The van der Waals surface area contributed by atoms with Crippen LogP contribution >= 0.6 is 11.6 Å². The van der Waals surface area contributed by atoms with Crippen LogP contribution in [-0.2, 0) is 4.79 Å². The van der Waals surface area contributed by atoms with Crippen molar-refractivity contribution in [2.24, 2.45) is 5.92 Å². The van der Waals surface area contributed by atoms with Crippen molar-refractivity contribution in [1.29, 1.82) is 0 Å². The first-order valence-electron chi connectivity index (χ1n) is 6.81. The Kier molecular flexibility index (Phi) is 4.65. The molecule has 0 saturated heterocycles. The Hall–Kier alpha value is -1.28. The van der Waals surface area contributed by atoms with Crippen LogP contribution in [0.25, 0.3) is 10.9 Å². The van der Waals surface area contributed by atoms with E-state index in [0.717, 1.165) is 19.1 Å². The van der Waals surface area contributed by atoms with E-state index in [-0.39, 0.29) is 5.50 Å². The summed E-state index contributed by atoms with van der Waals surface area (Å²) in [5, 5.41) is 1.25. The lowest BCUT2D eigenvalue weighted by molar-refractivity contribution is -0.108. The topological polar surface area (TPSA) is 22.0 Å². The van der Waals surface area contributed by atoms with E-state index in [4.69, 9.17) is 11.6 Å². The molecule has 1 aromatic heterocycles. The second-order valence-corrected chi connectivity index (χ2v) is 5.59. The Morgan fingerprint density at radius 1 is 1.37 bits per heavy atom. The monoisotopic (exact) mass is 277 g/mol. The molecule has 0 saturated carbocycles. The van der Waals surface area contributed by atoms with Gasteiger partial charge in [-0.2, -0.15) is 0 Å². The highest BCUT2D eigenvalue weighted by Gasteiger charge is 2.16. The van der Waals surface area contributed by atoms with E-state index in [1.165, 1.54) is 16.5 Å². The molecular weight excluding hydrogens is 258 g/mol. The van der Waals surface area contributed by atoms with Crippen molar-refractivity contribution in [2.45, 2.75) is 38.6 Å². The molecule has 0 N–H and O–H groups in total. The highest BCUT2D eigenvalue weighted by molar-refractivity contribution is 6.19. The third-order valence-corrected chi connectivity index (χ3v) is 4.16. The van der Waals surface area contributed by atoms with E-state index < -0.39 is 0 Å². The molecule has 2 unspecified atom stereocenters. The number of para-hydroxylation sites is 1. The molecule has 1 aromatic carbocycles. The van der Waals surface area contributed by atoms with Crippen molar-refractivity contribution in [3.8, 4) is 0 Å². The van der Waals surface area contributed by atoms with Crippen molar-refractivity contribution < 1.29 is 4.79 Å². The molecule has 2 rings (SSSR count). The van der Waals surface area contributed by atoms with Crippen molar-refractivity contribution in [1.82, 2.24) is 4.57 Å². The fourth-order valence-corrected chi connectivity index (χ4v) is 2.98. The molecule has 0 radical (unpaired) electrons. The van der Waals surface area contributed by atoms with Gasteiger partial charge in [0.25, 0.3) is 0 Å². The first kappa shape index (κ1) is 14.1. The van der Waals surface area contributed by atoms with Gasteiger partial charge in [-0.05, 0) is 30.9 Å². The first-order chi connectivity index (χ1) is 9.17. The van der Waals surface area contributed by atoms with Crippen LogP contribution in [0.3, 0.4) is 0 Å². The van der Waals surface area contributed by atoms with E-state index in [0.29, 0.717) is 12.3 Å². The van der Waals surface area contributed by atoms with Gasteiger partial charge in [-0.25, -0.2) is 0 Å². The third kappa shape index (κ3) is 3.01. The number of alkyl halides is 1. The Morgan fingerprint density at radius 2 is 2.11 bits per heavy atom. The molecule has 102 valence electrons. The summed E-state index contributed by atoms with van der Waals surface area (Å²) in [5.74, 6) is 0.362. The van der Waals surface area contributed by atoms with Gasteiger partial charge in [-0.15, -0.1) is 0 Å². The minimum absolute atomic E-state index is 0.0940. The SMILES string of the molecule is CCC(CC=O)CC(Cl)n1cc(C)c2ccccc21. The molecule has 19 heavy (non-hydrogen) atoms. The summed E-state index contributed by atoms with van der Waals surface area (Å²) < 4.78 is 2.12. The van der Waals surface area contributed by atoms with E-state index in [9.17, 15) is 4.79 Å². The van der Waals surface area contributed by atoms with Crippen LogP contribution in [-0.4, -0.2) is 10.9 Å². The molecule has 2 atom stereocenters. The van der Waals surface area contributed by atoms with Crippen LogP contribution in [0.1, 0.15) is 37.3 Å². The van der Waals surface area contributed by atoms with Crippen molar-refractivity contribution in [3.63, 3.8) is 0 Å². The average Bonchev–Trinajstić information content (AvgIpc) is 2.76. The first-order valence-corrected chi connectivity index (χ1v) is 7.24. The standard InChI is InChI=1S/C16H20ClNO/c1-3-13(8-9-19)10-16(17)18-11-12(2)14-6-4-5-7-15(14)18/h4-7,9,11,13,16H,3,8,10H2,1-2H3. The lowest BCUT2D eigenvalue weighted by Crippen LogP contribution is -2.09. The molecule has 0 bridgehead atoms. The van der Waals surface area contributed by atoms with Crippen LogP contribution in [0.4, 0.5) is 0 Å². The van der Waals surface area contributed by atoms with E-state index >= 15 is 0 Å². The minimum atomic E-state index is -0.0940. The second kappa shape index (κ2) is 6.25. The van der Waals surface area contributed by atoms with Crippen LogP contribution in [0.2, 0.25) is 0 Å². The molecule has 0 fully saturated rings. The number of fused-ring (bicyclic) bond motifs is 1. The molecule has 0 spiro atoms. The van der Waals surface area contributed by atoms with Gasteiger partial charge in [0.05, 0.1) is 0 Å². The van der Waals surface area contributed by atoms with Gasteiger partial charge in [0.2, 0.25) is 0 Å². The van der Waals surface area contributed by atoms with Crippen molar-refractivity contribution in [2.75, 3.05) is 0 Å². The molecule has 2 nitrogen and oxygen atoms in total. The average molecular weight is 278 g/mol. The van der Waals surface area contributed by atoms with Gasteiger partial charge in [-0.1, -0.05) is 43.1 Å². The largest absolute Gasteiger partial charge is 0.330 e. The second-order valence-electron chi connectivity index (χ2n) is 5.08. The van der Waals surface area contributed by atoms with Gasteiger partial charge in [0, 0.05) is 23.5 Å². The highest BCUT2D eigenvalue weighted by Crippen LogP contribution is 2.31. The zero-order valence-electron chi connectivity index (χ0n) is 11.5. The number of aldehydes is 1. The summed E-state index contributed by atoms with van der Waals surface area (Å²) >= 11 is 6.55. The molecule has 0 aliphatic rings.